The Hall–Kier alpha value is -2.33. The first-order valence-electron chi connectivity index (χ1n) is 5.92. The number of carbonyl (C=O) groups is 1. The van der Waals surface area contributed by atoms with Crippen LogP contribution in [-0.2, 0) is 0 Å². The first-order valence-corrected chi connectivity index (χ1v) is 5.92. The molecule has 0 aliphatic carbocycles. The summed E-state index contributed by atoms with van der Waals surface area (Å²) in [6, 6.07) is 15.8. The Bertz CT molecular complexity index is 537. The van der Waals surface area contributed by atoms with Crippen molar-refractivity contribution in [2.75, 3.05) is 6.61 Å². The molecule has 0 spiro atoms. The predicted molar refractivity (Wildman–Crippen MR) is 71.9 cm³/mol. The van der Waals surface area contributed by atoms with Crippen molar-refractivity contribution in [2.24, 2.45) is 5.73 Å². The van der Waals surface area contributed by atoms with Crippen LogP contribution < -0.4 is 10.5 Å². The van der Waals surface area contributed by atoms with Gasteiger partial charge in [0.1, 0.15) is 18.5 Å². The average molecular weight is 257 g/mol. The molecule has 4 heteroatoms. The normalized spacial score (nSPS) is 11.8. The molecule has 0 fully saturated rings. The van der Waals surface area contributed by atoms with E-state index in [1.54, 1.807) is 24.3 Å². The number of benzene rings is 2. The second-order valence-corrected chi connectivity index (χ2v) is 4.13. The summed E-state index contributed by atoms with van der Waals surface area (Å²) >= 11 is 0. The minimum atomic E-state index is -0.683. The molecule has 0 bridgehead atoms. The lowest BCUT2D eigenvalue weighted by atomic mass is 10.1. The lowest BCUT2D eigenvalue weighted by Crippen LogP contribution is -2.11. The third-order valence-electron chi connectivity index (χ3n) is 2.73. The minimum Gasteiger partial charge on any atom is -0.491 e. The maximum Gasteiger partial charge on any atom is 0.248 e. The van der Waals surface area contributed by atoms with Gasteiger partial charge in [-0.2, -0.15) is 0 Å². The third-order valence-corrected chi connectivity index (χ3v) is 2.73. The van der Waals surface area contributed by atoms with E-state index in [4.69, 9.17) is 10.5 Å². The van der Waals surface area contributed by atoms with Gasteiger partial charge in [0.05, 0.1) is 0 Å². The van der Waals surface area contributed by atoms with Gasteiger partial charge in [-0.25, -0.2) is 0 Å². The summed E-state index contributed by atoms with van der Waals surface area (Å²) < 4.78 is 5.45. The molecule has 2 rings (SSSR count). The highest BCUT2D eigenvalue weighted by Crippen LogP contribution is 2.16. The fraction of sp³-hybridized carbons (Fsp3) is 0.133. The van der Waals surface area contributed by atoms with Crippen LogP contribution in [0.2, 0.25) is 0 Å². The topological polar surface area (TPSA) is 72.6 Å². The Morgan fingerprint density at radius 1 is 1.11 bits per heavy atom. The lowest BCUT2D eigenvalue weighted by molar-refractivity contribution is 0.0999. The van der Waals surface area contributed by atoms with Crippen molar-refractivity contribution in [3.05, 3.63) is 65.7 Å². The van der Waals surface area contributed by atoms with Gasteiger partial charge in [0.25, 0.3) is 0 Å². The van der Waals surface area contributed by atoms with Crippen molar-refractivity contribution in [3.8, 4) is 5.75 Å². The molecule has 0 saturated heterocycles. The Labute approximate surface area is 111 Å². The molecule has 2 aromatic carbocycles. The van der Waals surface area contributed by atoms with Crippen LogP contribution in [0.1, 0.15) is 22.0 Å². The van der Waals surface area contributed by atoms with E-state index in [9.17, 15) is 9.90 Å². The average Bonchev–Trinajstić information content (AvgIpc) is 2.46. The van der Waals surface area contributed by atoms with Crippen molar-refractivity contribution in [2.45, 2.75) is 6.10 Å². The van der Waals surface area contributed by atoms with E-state index in [1.165, 1.54) is 0 Å². The maximum absolute atomic E-state index is 10.9. The molecule has 19 heavy (non-hydrogen) atoms. The molecule has 3 N–H and O–H groups in total. The molecule has 1 atom stereocenters. The number of ether oxygens (including phenoxy) is 1. The van der Waals surface area contributed by atoms with Crippen LogP contribution >= 0.6 is 0 Å². The molecule has 0 radical (unpaired) electrons. The molecule has 0 aliphatic heterocycles. The Balaban J connectivity index is 1.93. The van der Waals surface area contributed by atoms with Gasteiger partial charge in [-0.1, -0.05) is 30.3 Å². The van der Waals surface area contributed by atoms with Gasteiger partial charge in [-0.3, -0.25) is 4.79 Å². The van der Waals surface area contributed by atoms with Crippen LogP contribution in [0.4, 0.5) is 0 Å². The van der Waals surface area contributed by atoms with Crippen LogP contribution in [-0.4, -0.2) is 17.6 Å². The number of nitrogens with two attached hydrogens (primary N) is 1. The van der Waals surface area contributed by atoms with Crippen LogP contribution in [0.15, 0.2) is 54.6 Å². The fourth-order valence-corrected chi connectivity index (χ4v) is 1.66. The third kappa shape index (κ3) is 3.56. The lowest BCUT2D eigenvalue weighted by Gasteiger charge is -2.12. The van der Waals surface area contributed by atoms with Gasteiger partial charge >= 0.3 is 0 Å². The molecule has 1 amide bonds. The van der Waals surface area contributed by atoms with Crippen LogP contribution in [0, 0.1) is 0 Å². The van der Waals surface area contributed by atoms with Gasteiger partial charge in [-0.05, 0) is 29.8 Å². The van der Waals surface area contributed by atoms with Gasteiger partial charge in [0.15, 0.2) is 0 Å². The fourth-order valence-electron chi connectivity index (χ4n) is 1.66. The van der Waals surface area contributed by atoms with E-state index < -0.39 is 12.0 Å². The predicted octanol–water partition coefficient (Wildman–Crippen LogP) is 1.90. The summed E-state index contributed by atoms with van der Waals surface area (Å²) in [5.41, 5.74) is 6.37. The van der Waals surface area contributed by atoms with Gasteiger partial charge in [-0.15, -0.1) is 0 Å². The van der Waals surface area contributed by atoms with Crippen molar-refractivity contribution in [1.82, 2.24) is 0 Å². The van der Waals surface area contributed by atoms with Crippen molar-refractivity contribution in [1.29, 1.82) is 0 Å². The number of aliphatic hydroxyl groups excluding tert-OH is 1. The smallest absolute Gasteiger partial charge is 0.248 e. The summed E-state index contributed by atoms with van der Waals surface area (Å²) in [5, 5.41) is 9.93. The molecule has 0 heterocycles. The molecule has 98 valence electrons. The zero-order chi connectivity index (χ0) is 13.7. The number of rotatable bonds is 5. The number of hydrogen-bond donors (Lipinski definition) is 2. The highest BCUT2D eigenvalue weighted by Gasteiger charge is 2.08. The molecule has 4 nitrogen and oxygen atoms in total. The highest BCUT2D eigenvalue weighted by molar-refractivity contribution is 5.92. The minimum absolute atomic E-state index is 0.153. The molecule has 0 aliphatic rings. The van der Waals surface area contributed by atoms with E-state index >= 15 is 0 Å². The maximum atomic E-state index is 10.9. The van der Waals surface area contributed by atoms with E-state index in [0.29, 0.717) is 11.3 Å². The second-order valence-electron chi connectivity index (χ2n) is 4.13. The van der Waals surface area contributed by atoms with E-state index in [1.807, 2.05) is 30.3 Å². The summed E-state index contributed by atoms with van der Waals surface area (Å²) in [7, 11) is 0. The van der Waals surface area contributed by atoms with Gasteiger partial charge in [0.2, 0.25) is 5.91 Å². The monoisotopic (exact) mass is 257 g/mol. The molecule has 0 saturated carbocycles. The van der Waals surface area contributed by atoms with Crippen LogP contribution in [0.25, 0.3) is 0 Å². The molecule has 2 aromatic rings. The second kappa shape index (κ2) is 6.02. The summed E-state index contributed by atoms with van der Waals surface area (Å²) in [5.74, 6) is 0.107. The molecular weight excluding hydrogens is 242 g/mol. The Kier molecular flexibility index (Phi) is 4.15. The van der Waals surface area contributed by atoms with Crippen LogP contribution in [0.5, 0.6) is 5.75 Å². The van der Waals surface area contributed by atoms with E-state index in [-0.39, 0.29) is 6.61 Å². The summed E-state index contributed by atoms with van der Waals surface area (Å²) in [6.45, 7) is 0.153. The number of carbonyl (C=O) groups excluding carboxylic acids is 1. The standard InChI is InChI=1S/C15H15NO3/c16-15(18)12-6-8-13(9-7-12)19-10-14(17)11-4-2-1-3-5-11/h1-9,14,17H,10H2,(H2,16,18). The zero-order valence-electron chi connectivity index (χ0n) is 10.3. The van der Waals surface area contributed by atoms with E-state index in [0.717, 1.165) is 5.56 Å². The van der Waals surface area contributed by atoms with Crippen molar-refractivity contribution in [3.63, 3.8) is 0 Å². The Morgan fingerprint density at radius 2 is 1.74 bits per heavy atom. The van der Waals surface area contributed by atoms with Gasteiger partial charge < -0.3 is 15.6 Å². The number of amides is 1. The largest absolute Gasteiger partial charge is 0.491 e. The zero-order valence-corrected chi connectivity index (χ0v) is 10.3. The Morgan fingerprint density at radius 3 is 2.32 bits per heavy atom. The number of aliphatic hydroxyl groups is 1. The molecule has 1 unspecified atom stereocenters. The first kappa shape index (κ1) is 13.1. The quantitative estimate of drug-likeness (QED) is 0.859. The summed E-state index contributed by atoms with van der Waals surface area (Å²) in [4.78, 5) is 10.9. The number of hydrogen-bond acceptors (Lipinski definition) is 3. The molecule has 0 aromatic heterocycles. The van der Waals surface area contributed by atoms with Crippen LogP contribution in [0.3, 0.4) is 0 Å². The molecular formula is C15H15NO3. The highest BCUT2D eigenvalue weighted by atomic mass is 16.5. The number of primary amides is 1. The summed E-state index contributed by atoms with van der Waals surface area (Å²) in [6.07, 6.45) is -0.683. The first-order chi connectivity index (χ1) is 9.16. The SMILES string of the molecule is NC(=O)c1ccc(OCC(O)c2ccccc2)cc1. The van der Waals surface area contributed by atoms with Crippen molar-refractivity contribution >= 4 is 5.91 Å². The van der Waals surface area contributed by atoms with E-state index in [2.05, 4.69) is 0 Å². The van der Waals surface area contributed by atoms with Gasteiger partial charge in [0, 0.05) is 5.56 Å². The van der Waals surface area contributed by atoms with Crippen molar-refractivity contribution < 1.29 is 14.6 Å².